The number of carbonyl (C=O) groups is 1. The molecule has 0 bridgehead atoms. The summed E-state index contributed by atoms with van der Waals surface area (Å²) in [6, 6.07) is 7.29. The minimum atomic E-state index is 0.0219. The molecule has 1 aliphatic rings. The Morgan fingerprint density at radius 1 is 1.56 bits per heavy atom. The van der Waals surface area contributed by atoms with Crippen molar-refractivity contribution in [3.63, 3.8) is 0 Å². The smallest absolute Gasteiger partial charge is 0.151 e. The molecule has 3 heteroatoms. The highest BCUT2D eigenvalue weighted by Gasteiger charge is 2.21. The molecule has 1 aromatic rings. The number of anilines is 1. The number of benzene rings is 1. The lowest BCUT2D eigenvalue weighted by Gasteiger charge is -2.23. The predicted molar refractivity (Wildman–Crippen MR) is 61.2 cm³/mol. The van der Waals surface area contributed by atoms with E-state index in [9.17, 15) is 4.79 Å². The highest BCUT2D eigenvalue weighted by atomic mass is 16.1. The molecule has 0 aromatic heterocycles. The van der Waals surface area contributed by atoms with E-state index < -0.39 is 0 Å². The molecular weight excluding hydrogens is 200 g/mol. The zero-order valence-corrected chi connectivity index (χ0v) is 8.89. The molecule has 1 unspecified atom stereocenters. The van der Waals surface area contributed by atoms with Gasteiger partial charge in [0.25, 0.3) is 0 Å². The summed E-state index contributed by atoms with van der Waals surface area (Å²) >= 11 is 0. The number of hydrogen-bond donors (Lipinski definition) is 0. The van der Waals surface area contributed by atoms with Crippen LogP contribution in [0.15, 0.2) is 18.2 Å². The Balaban J connectivity index is 2.36. The van der Waals surface area contributed by atoms with Crippen molar-refractivity contribution in [3.05, 3.63) is 36.2 Å². The Morgan fingerprint density at radius 2 is 2.38 bits per heavy atom. The molecule has 1 saturated heterocycles. The van der Waals surface area contributed by atoms with E-state index in [-0.39, 0.29) is 6.04 Å². The first-order chi connectivity index (χ1) is 7.76. The second-order valence-corrected chi connectivity index (χ2v) is 3.90. The zero-order valence-electron chi connectivity index (χ0n) is 8.89. The predicted octanol–water partition coefficient (Wildman–Crippen LogP) is 2.05. The van der Waals surface area contributed by atoms with Crippen LogP contribution in [0.25, 0.3) is 0 Å². The van der Waals surface area contributed by atoms with E-state index in [2.05, 4.69) is 4.90 Å². The monoisotopic (exact) mass is 212 g/mol. The van der Waals surface area contributed by atoms with Crippen molar-refractivity contribution in [2.24, 2.45) is 0 Å². The summed E-state index contributed by atoms with van der Waals surface area (Å²) in [6.45, 7) is 6.86. The van der Waals surface area contributed by atoms with Gasteiger partial charge >= 0.3 is 0 Å². The van der Waals surface area contributed by atoms with Crippen LogP contribution in [0.1, 0.15) is 28.8 Å². The van der Waals surface area contributed by atoms with E-state index in [1.165, 1.54) is 0 Å². The third kappa shape index (κ3) is 1.79. The molecule has 0 spiro atoms. The maximum atomic E-state index is 10.7. The quantitative estimate of drug-likeness (QED) is 0.705. The number of rotatable bonds is 2. The van der Waals surface area contributed by atoms with E-state index in [4.69, 9.17) is 12.2 Å². The van der Waals surface area contributed by atoms with Crippen LogP contribution >= 0.6 is 0 Å². The van der Waals surface area contributed by atoms with Crippen molar-refractivity contribution in [3.8, 4) is 6.07 Å². The lowest BCUT2D eigenvalue weighted by Crippen LogP contribution is -2.26. The largest absolute Gasteiger partial charge is 0.368 e. The van der Waals surface area contributed by atoms with Crippen LogP contribution < -0.4 is 4.90 Å². The van der Waals surface area contributed by atoms with Crippen LogP contribution in [0.5, 0.6) is 0 Å². The number of nitrogens with zero attached hydrogens (tertiary/aromatic N) is 2. The van der Waals surface area contributed by atoms with Gasteiger partial charge in [0, 0.05) is 23.8 Å². The van der Waals surface area contributed by atoms with Gasteiger partial charge in [0.1, 0.15) is 0 Å². The fourth-order valence-corrected chi connectivity index (χ4v) is 2.04. The van der Waals surface area contributed by atoms with Crippen molar-refractivity contribution in [2.75, 3.05) is 11.4 Å². The van der Waals surface area contributed by atoms with Crippen LogP contribution in [0.3, 0.4) is 0 Å². The van der Waals surface area contributed by atoms with Gasteiger partial charge < -0.3 is 4.90 Å². The molecule has 1 atom stereocenters. The van der Waals surface area contributed by atoms with Crippen molar-refractivity contribution in [2.45, 2.75) is 18.9 Å². The average Bonchev–Trinajstić information content (AvgIpc) is 2.74. The fraction of sp³-hybridized carbons (Fsp3) is 0.308. The minimum Gasteiger partial charge on any atom is -0.368 e. The molecule has 2 rings (SSSR count). The van der Waals surface area contributed by atoms with Crippen molar-refractivity contribution >= 4 is 12.0 Å². The topological polar surface area (TPSA) is 44.1 Å². The average molecular weight is 212 g/mol. The number of nitriles is 1. The second-order valence-electron chi connectivity index (χ2n) is 3.90. The van der Waals surface area contributed by atoms with Gasteiger partial charge in [-0.25, -0.2) is 0 Å². The molecule has 80 valence electrons. The fourth-order valence-electron chi connectivity index (χ4n) is 2.04. The Bertz CT molecular complexity index is 448. The molecule has 0 saturated carbocycles. The van der Waals surface area contributed by atoms with E-state index in [1.54, 1.807) is 12.1 Å². The molecule has 0 aliphatic carbocycles. The van der Waals surface area contributed by atoms with Crippen LogP contribution in [0.4, 0.5) is 5.69 Å². The van der Waals surface area contributed by atoms with Gasteiger partial charge in [-0.05, 0) is 38.0 Å². The summed E-state index contributed by atoms with van der Waals surface area (Å²) < 4.78 is 0. The van der Waals surface area contributed by atoms with Crippen LogP contribution in [0.2, 0.25) is 0 Å². The van der Waals surface area contributed by atoms with Crippen molar-refractivity contribution < 1.29 is 4.79 Å². The van der Waals surface area contributed by atoms with Gasteiger partial charge in [0.15, 0.2) is 6.29 Å². The maximum absolute atomic E-state index is 10.7. The highest BCUT2D eigenvalue weighted by molar-refractivity contribution is 5.80. The SMILES string of the molecule is [CH]C1CCCN1c1ccc(C=O)c(C#N)c1. The van der Waals surface area contributed by atoms with Crippen LogP contribution in [0, 0.1) is 18.3 Å². The normalized spacial score (nSPS) is 19.5. The van der Waals surface area contributed by atoms with Crippen molar-refractivity contribution in [1.29, 1.82) is 5.26 Å². The molecule has 0 amide bonds. The summed E-state index contributed by atoms with van der Waals surface area (Å²) in [5.41, 5.74) is 1.76. The number of carbonyl (C=O) groups excluding carboxylic acids is 1. The van der Waals surface area contributed by atoms with E-state index >= 15 is 0 Å². The lowest BCUT2D eigenvalue weighted by molar-refractivity contribution is 0.112. The summed E-state index contributed by atoms with van der Waals surface area (Å²) in [7, 11) is 0. The van der Waals surface area contributed by atoms with Crippen LogP contribution in [-0.4, -0.2) is 18.9 Å². The summed E-state index contributed by atoms with van der Waals surface area (Å²) in [5, 5.41) is 8.92. The maximum Gasteiger partial charge on any atom is 0.151 e. The molecule has 1 aromatic carbocycles. The molecule has 0 N–H and O–H groups in total. The Hall–Kier alpha value is -1.82. The first-order valence-electron chi connectivity index (χ1n) is 5.28. The number of aldehydes is 1. The highest BCUT2D eigenvalue weighted by Crippen LogP contribution is 2.26. The molecule has 1 fully saturated rings. The van der Waals surface area contributed by atoms with Gasteiger partial charge in [-0.1, -0.05) is 0 Å². The molecule has 3 nitrogen and oxygen atoms in total. The third-order valence-electron chi connectivity index (χ3n) is 2.92. The third-order valence-corrected chi connectivity index (χ3v) is 2.92. The molecule has 1 heterocycles. The second kappa shape index (κ2) is 4.36. The lowest BCUT2D eigenvalue weighted by atomic mass is 10.1. The van der Waals surface area contributed by atoms with Gasteiger partial charge in [-0.15, -0.1) is 0 Å². The van der Waals surface area contributed by atoms with Gasteiger partial charge in [-0.2, -0.15) is 5.26 Å². The standard InChI is InChI=1S/C13H12N2O/c1-10-3-2-6-15(10)13-5-4-11(9-16)12(7-13)8-14/h1,4-5,7,9-10H,2-3,6H2. The first kappa shape index (κ1) is 10.7. The zero-order chi connectivity index (χ0) is 11.5. The van der Waals surface area contributed by atoms with Crippen molar-refractivity contribution in [1.82, 2.24) is 0 Å². The summed E-state index contributed by atoms with van der Waals surface area (Å²) in [4.78, 5) is 12.8. The van der Waals surface area contributed by atoms with Gasteiger partial charge in [0.2, 0.25) is 0 Å². The Labute approximate surface area is 95.3 Å². The van der Waals surface area contributed by atoms with Crippen LogP contribution in [-0.2, 0) is 0 Å². The summed E-state index contributed by atoms with van der Waals surface area (Å²) in [5.74, 6) is 0. The Morgan fingerprint density at radius 3 is 2.94 bits per heavy atom. The van der Waals surface area contributed by atoms with Gasteiger partial charge in [0.05, 0.1) is 11.6 Å². The number of hydrogen-bond acceptors (Lipinski definition) is 3. The first-order valence-corrected chi connectivity index (χ1v) is 5.28. The molecular formula is C13H12N2O. The molecule has 1 aliphatic heterocycles. The Kier molecular flexibility index (Phi) is 2.91. The van der Waals surface area contributed by atoms with E-state index in [1.807, 2.05) is 12.1 Å². The molecule has 16 heavy (non-hydrogen) atoms. The summed E-state index contributed by atoms with van der Waals surface area (Å²) in [6.07, 6.45) is 2.74. The van der Waals surface area contributed by atoms with E-state index in [0.717, 1.165) is 25.1 Å². The van der Waals surface area contributed by atoms with E-state index in [0.29, 0.717) is 17.4 Å². The van der Waals surface area contributed by atoms with Gasteiger partial charge in [-0.3, -0.25) is 4.79 Å². The minimum absolute atomic E-state index is 0.0219. The molecule has 2 radical (unpaired) electrons.